The summed E-state index contributed by atoms with van der Waals surface area (Å²) in [4.78, 5) is 11.5. The van der Waals surface area contributed by atoms with Crippen LogP contribution in [0.15, 0.2) is 28.7 Å². The minimum atomic E-state index is -0.794. The molecule has 0 aliphatic heterocycles. The fourth-order valence-electron chi connectivity index (χ4n) is 1.32. The molecule has 0 saturated carbocycles. The number of rotatable bonds is 2. The van der Waals surface area contributed by atoms with Crippen molar-refractivity contribution < 1.29 is 9.90 Å². The Bertz CT molecular complexity index is 490. The molecule has 0 fully saturated rings. The predicted octanol–water partition coefficient (Wildman–Crippen LogP) is 3.29. The molecule has 0 amide bonds. The molecule has 0 atom stereocenters. The molecule has 2 nitrogen and oxygen atoms in total. The Labute approximate surface area is 93.3 Å². The Hall–Kier alpha value is -0.870. The van der Waals surface area contributed by atoms with Crippen LogP contribution in [0.3, 0.4) is 0 Å². The number of carboxylic acid groups (broad SMARTS) is 1. The number of carbonyl (C=O) groups is 1. The number of aliphatic carboxylic acids is 1. The van der Waals surface area contributed by atoms with E-state index in [1.807, 2.05) is 24.3 Å². The lowest BCUT2D eigenvalue weighted by Gasteiger charge is -1.91. The van der Waals surface area contributed by atoms with E-state index in [1.54, 1.807) is 0 Å². The van der Waals surface area contributed by atoms with Gasteiger partial charge in [0, 0.05) is 19.4 Å². The molecule has 0 aliphatic rings. The van der Waals surface area contributed by atoms with Gasteiger partial charge in [-0.2, -0.15) is 0 Å². The first-order valence-electron chi connectivity index (χ1n) is 4.06. The summed E-state index contributed by atoms with van der Waals surface area (Å²) >= 11 is 4.95. The van der Waals surface area contributed by atoms with Gasteiger partial charge >= 0.3 is 5.97 Å². The van der Waals surface area contributed by atoms with Gasteiger partial charge in [0.2, 0.25) is 0 Å². The van der Waals surface area contributed by atoms with E-state index >= 15 is 0 Å². The molecule has 1 heterocycles. The van der Waals surface area contributed by atoms with Gasteiger partial charge in [0.1, 0.15) is 0 Å². The molecular formula is C10H7BrO2S. The summed E-state index contributed by atoms with van der Waals surface area (Å²) in [7, 11) is 0. The van der Waals surface area contributed by atoms with Crippen molar-refractivity contribution in [3.05, 3.63) is 33.6 Å². The van der Waals surface area contributed by atoms with E-state index in [4.69, 9.17) is 5.11 Å². The Balaban J connectivity index is 2.57. The topological polar surface area (TPSA) is 37.3 Å². The first kappa shape index (κ1) is 9.68. The highest BCUT2D eigenvalue weighted by molar-refractivity contribution is 9.10. The SMILES string of the molecule is O=C(O)Cc1sc2ccccc2c1Br. The monoisotopic (exact) mass is 270 g/mol. The van der Waals surface area contributed by atoms with Crippen molar-refractivity contribution in [3.8, 4) is 0 Å². The molecular weight excluding hydrogens is 264 g/mol. The van der Waals surface area contributed by atoms with Crippen LogP contribution in [0.1, 0.15) is 4.88 Å². The zero-order valence-corrected chi connectivity index (χ0v) is 9.56. The molecule has 14 heavy (non-hydrogen) atoms. The van der Waals surface area contributed by atoms with E-state index < -0.39 is 5.97 Å². The summed E-state index contributed by atoms with van der Waals surface area (Å²) in [5, 5.41) is 9.79. The van der Waals surface area contributed by atoms with Gasteiger partial charge in [0.25, 0.3) is 0 Å². The standard InChI is InChI=1S/C10H7BrO2S/c11-10-6-3-1-2-4-7(6)14-8(10)5-9(12)13/h1-4H,5H2,(H,12,13). The molecule has 0 bridgehead atoms. The van der Waals surface area contributed by atoms with Gasteiger partial charge in [-0.25, -0.2) is 0 Å². The van der Waals surface area contributed by atoms with Crippen molar-refractivity contribution in [2.75, 3.05) is 0 Å². The van der Waals surface area contributed by atoms with Gasteiger partial charge in [-0.05, 0) is 22.0 Å². The summed E-state index contributed by atoms with van der Waals surface area (Å²) in [6, 6.07) is 7.89. The first-order chi connectivity index (χ1) is 6.68. The number of benzene rings is 1. The first-order valence-corrected chi connectivity index (χ1v) is 5.67. The van der Waals surface area contributed by atoms with E-state index in [0.29, 0.717) is 0 Å². The minimum Gasteiger partial charge on any atom is -0.481 e. The summed E-state index contributed by atoms with van der Waals surface area (Å²) in [5.74, 6) is -0.794. The van der Waals surface area contributed by atoms with Crippen molar-refractivity contribution in [1.82, 2.24) is 0 Å². The van der Waals surface area contributed by atoms with Crippen LogP contribution >= 0.6 is 27.3 Å². The van der Waals surface area contributed by atoms with Crippen LogP contribution in [0.25, 0.3) is 10.1 Å². The second kappa shape index (κ2) is 3.71. The lowest BCUT2D eigenvalue weighted by atomic mass is 10.2. The molecule has 0 spiro atoms. The van der Waals surface area contributed by atoms with E-state index in [2.05, 4.69) is 15.9 Å². The van der Waals surface area contributed by atoms with Gasteiger partial charge in [0.15, 0.2) is 0 Å². The number of halogens is 1. The maximum Gasteiger partial charge on any atom is 0.308 e. The normalized spacial score (nSPS) is 10.6. The lowest BCUT2D eigenvalue weighted by molar-refractivity contribution is -0.136. The van der Waals surface area contributed by atoms with Crippen molar-refractivity contribution in [1.29, 1.82) is 0 Å². The van der Waals surface area contributed by atoms with Crippen LogP contribution in [-0.2, 0) is 11.2 Å². The Morgan fingerprint density at radius 1 is 1.43 bits per heavy atom. The fraction of sp³-hybridized carbons (Fsp3) is 0.100. The number of thiophene rings is 1. The minimum absolute atomic E-state index is 0.0833. The number of hydrogen-bond acceptors (Lipinski definition) is 2. The fourth-order valence-corrected chi connectivity index (χ4v) is 3.26. The third-order valence-corrected chi connectivity index (χ3v) is 4.25. The number of carboxylic acids is 1. The van der Waals surface area contributed by atoms with Crippen LogP contribution in [0, 0.1) is 0 Å². The highest BCUT2D eigenvalue weighted by Crippen LogP contribution is 2.35. The average molecular weight is 271 g/mol. The maximum absolute atomic E-state index is 10.6. The Morgan fingerprint density at radius 2 is 2.14 bits per heavy atom. The lowest BCUT2D eigenvalue weighted by Crippen LogP contribution is -1.97. The molecule has 1 aromatic heterocycles. The smallest absolute Gasteiger partial charge is 0.308 e. The van der Waals surface area contributed by atoms with Crippen LogP contribution in [-0.4, -0.2) is 11.1 Å². The van der Waals surface area contributed by atoms with Gasteiger partial charge in [-0.1, -0.05) is 18.2 Å². The molecule has 0 saturated heterocycles. The third-order valence-electron chi connectivity index (χ3n) is 1.91. The zero-order valence-electron chi connectivity index (χ0n) is 7.16. The van der Waals surface area contributed by atoms with Crippen molar-refractivity contribution >= 4 is 43.3 Å². The number of hydrogen-bond donors (Lipinski definition) is 1. The highest BCUT2D eigenvalue weighted by atomic mass is 79.9. The number of fused-ring (bicyclic) bond motifs is 1. The molecule has 0 radical (unpaired) electrons. The molecule has 2 aromatic rings. The molecule has 2 rings (SSSR count). The van der Waals surface area contributed by atoms with Crippen LogP contribution in [0.4, 0.5) is 0 Å². The second-order valence-electron chi connectivity index (χ2n) is 2.91. The van der Waals surface area contributed by atoms with Gasteiger partial charge in [-0.15, -0.1) is 11.3 Å². The quantitative estimate of drug-likeness (QED) is 0.910. The molecule has 0 aliphatic carbocycles. The largest absolute Gasteiger partial charge is 0.481 e. The Kier molecular flexibility index (Phi) is 2.56. The van der Waals surface area contributed by atoms with Gasteiger partial charge in [0.05, 0.1) is 6.42 Å². The van der Waals surface area contributed by atoms with E-state index in [1.165, 1.54) is 11.3 Å². The van der Waals surface area contributed by atoms with E-state index in [9.17, 15) is 4.79 Å². The molecule has 1 aromatic carbocycles. The average Bonchev–Trinajstić information content (AvgIpc) is 2.44. The van der Waals surface area contributed by atoms with Gasteiger partial charge in [-0.3, -0.25) is 4.79 Å². The van der Waals surface area contributed by atoms with E-state index in [0.717, 1.165) is 19.4 Å². The third kappa shape index (κ3) is 1.67. The van der Waals surface area contributed by atoms with Crippen molar-refractivity contribution in [3.63, 3.8) is 0 Å². The molecule has 1 N–H and O–H groups in total. The van der Waals surface area contributed by atoms with Crippen LogP contribution < -0.4 is 0 Å². The zero-order chi connectivity index (χ0) is 10.1. The van der Waals surface area contributed by atoms with Crippen molar-refractivity contribution in [2.45, 2.75) is 6.42 Å². The van der Waals surface area contributed by atoms with Gasteiger partial charge < -0.3 is 5.11 Å². The Morgan fingerprint density at radius 3 is 2.79 bits per heavy atom. The summed E-state index contributed by atoms with van der Waals surface area (Å²) in [6.45, 7) is 0. The highest BCUT2D eigenvalue weighted by Gasteiger charge is 2.11. The molecule has 0 unspecified atom stereocenters. The van der Waals surface area contributed by atoms with Crippen LogP contribution in [0.5, 0.6) is 0 Å². The summed E-state index contributed by atoms with van der Waals surface area (Å²) in [5.41, 5.74) is 0. The van der Waals surface area contributed by atoms with Crippen LogP contribution in [0.2, 0.25) is 0 Å². The van der Waals surface area contributed by atoms with E-state index in [-0.39, 0.29) is 6.42 Å². The molecule has 4 heteroatoms. The second-order valence-corrected chi connectivity index (χ2v) is 4.84. The predicted molar refractivity (Wildman–Crippen MR) is 60.9 cm³/mol. The maximum atomic E-state index is 10.6. The molecule has 72 valence electrons. The summed E-state index contributed by atoms with van der Waals surface area (Å²) in [6.07, 6.45) is 0.0833. The van der Waals surface area contributed by atoms with Crippen molar-refractivity contribution in [2.24, 2.45) is 0 Å². The summed E-state index contributed by atoms with van der Waals surface area (Å²) < 4.78 is 2.04.